The molecule has 0 aliphatic heterocycles. The lowest BCUT2D eigenvalue weighted by molar-refractivity contribution is 0.0519. The molecule has 5 heteroatoms. The minimum atomic E-state index is -0.394. The van der Waals surface area contributed by atoms with E-state index in [9.17, 15) is 4.79 Å². The maximum Gasteiger partial charge on any atom is 0.357 e. The zero-order valence-corrected chi connectivity index (χ0v) is 15.9. The van der Waals surface area contributed by atoms with Crippen molar-refractivity contribution in [3.8, 4) is 0 Å². The van der Waals surface area contributed by atoms with Crippen LogP contribution in [0.2, 0.25) is 5.02 Å². The molecule has 0 fully saturated rings. The van der Waals surface area contributed by atoms with Crippen LogP contribution >= 0.6 is 11.6 Å². The Balaban J connectivity index is 1.94. The molecular formula is C22H19ClN2O2. The van der Waals surface area contributed by atoms with Gasteiger partial charge in [-0.1, -0.05) is 41.9 Å². The van der Waals surface area contributed by atoms with Crippen molar-refractivity contribution in [1.29, 1.82) is 0 Å². The monoisotopic (exact) mass is 378 g/mol. The SMILES string of the molecule is CCOC(=O)c1ncc2[nH]c3cccc(Cc4ccccc4Cl)c3c2c1C. The van der Waals surface area contributed by atoms with E-state index < -0.39 is 5.97 Å². The molecule has 27 heavy (non-hydrogen) atoms. The van der Waals surface area contributed by atoms with Gasteiger partial charge in [0.05, 0.1) is 18.3 Å². The zero-order valence-electron chi connectivity index (χ0n) is 15.2. The Kier molecular flexibility index (Phi) is 4.58. The summed E-state index contributed by atoms with van der Waals surface area (Å²) in [7, 11) is 0. The minimum Gasteiger partial charge on any atom is -0.461 e. The Morgan fingerprint density at radius 3 is 2.63 bits per heavy atom. The molecule has 1 N–H and O–H groups in total. The van der Waals surface area contributed by atoms with Gasteiger partial charge in [0.2, 0.25) is 0 Å². The molecule has 4 aromatic rings. The summed E-state index contributed by atoms with van der Waals surface area (Å²) in [5.74, 6) is -0.394. The minimum absolute atomic E-state index is 0.323. The summed E-state index contributed by atoms with van der Waals surface area (Å²) in [6.45, 7) is 4.03. The third-order valence-corrected chi connectivity index (χ3v) is 5.17. The average molecular weight is 379 g/mol. The number of aromatic nitrogens is 2. The molecule has 0 spiro atoms. The molecule has 0 amide bonds. The molecule has 2 aromatic carbocycles. The Bertz CT molecular complexity index is 1160. The van der Waals surface area contributed by atoms with Gasteiger partial charge in [0.15, 0.2) is 5.69 Å². The number of fused-ring (bicyclic) bond motifs is 3. The highest BCUT2D eigenvalue weighted by Crippen LogP contribution is 2.33. The number of esters is 1. The highest BCUT2D eigenvalue weighted by atomic mass is 35.5. The van der Waals surface area contributed by atoms with Gasteiger partial charge in [-0.15, -0.1) is 0 Å². The largest absolute Gasteiger partial charge is 0.461 e. The normalized spacial score (nSPS) is 11.2. The fraction of sp³-hybridized carbons (Fsp3) is 0.182. The maximum atomic E-state index is 12.3. The molecule has 2 aromatic heterocycles. The number of rotatable bonds is 4. The molecule has 0 atom stereocenters. The number of aryl methyl sites for hydroxylation is 1. The van der Waals surface area contributed by atoms with Crippen LogP contribution < -0.4 is 0 Å². The van der Waals surface area contributed by atoms with Gasteiger partial charge in [-0.25, -0.2) is 9.78 Å². The number of aromatic amines is 1. The van der Waals surface area contributed by atoms with Gasteiger partial charge in [0.1, 0.15) is 0 Å². The summed E-state index contributed by atoms with van der Waals surface area (Å²) >= 11 is 6.37. The van der Waals surface area contributed by atoms with E-state index in [4.69, 9.17) is 16.3 Å². The van der Waals surface area contributed by atoms with Crippen molar-refractivity contribution in [1.82, 2.24) is 9.97 Å². The first-order valence-electron chi connectivity index (χ1n) is 8.89. The smallest absolute Gasteiger partial charge is 0.357 e. The van der Waals surface area contributed by atoms with Crippen molar-refractivity contribution in [2.45, 2.75) is 20.3 Å². The lowest BCUT2D eigenvalue weighted by atomic mass is 9.97. The van der Waals surface area contributed by atoms with E-state index >= 15 is 0 Å². The number of hydrogen-bond donors (Lipinski definition) is 1. The Morgan fingerprint density at radius 2 is 1.85 bits per heavy atom. The van der Waals surface area contributed by atoms with Gasteiger partial charge in [-0.3, -0.25) is 0 Å². The van der Waals surface area contributed by atoms with Crippen molar-refractivity contribution < 1.29 is 9.53 Å². The summed E-state index contributed by atoms with van der Waals surface area (Å²) in [6.07, 6.45) is 2.41. The van der Waals surface area contributed by atoms with Crippen molar-refractivity contribution in [3.63, 3.8) is 0 Å². The summed E-state index contributed by atoms with van der Waals surface area (Å²) in [5.41, 5.74) is 5.32. The van der Waals surface area contributed by atoms with Crippen LogP contribution in [0.15, 0.2) is 48.7 Å². The second-order valence-corrected chi connectivity index (χ2v) is 6.88. The van der Waals surface area contributed by atoms with Crippen LogP contribution in [0.1, 0.15) is 34.1 Å². The molecule has 0 saturated heterocycles. The molecule has 4 nitrogen and oxygen atoms in total. The summed E-state index contributed by atoms with van der Waals surface area (Å²) < 4.78 is 5.16. The first-order chi connectivity index (χ1) is 13.1. The standard InChI is InChI=1S/C22H19ClN2O2/c1-3-27-22(26)21-13(2)19-18(12-24-21)25-17-10-6-8-15(20(17)19)11-14-7-4-5-9-16(14)23/h4-10,12,25H,3,11H2,1-2H3. The highest BCUT2D eigenvalue weighted by Gasteiger charge is 2.19. The number of pyridine rings is 1. The highest BCUT2D eigenvalue weighted by molar-refractivity contribution is 6.31. The number of hydrogen-bond acceptors (Lipinski definition) is 3. The summed E-state index contributed by atoms with van der Waals surface area (Å²) in [5, 5.41) is 2.85. The average Bonchev–Trinajstić information content (AvgIpc) is 3.04. The summed E-state index contributed by atoms with van der Waals surface area (Å²) in [6, 6.07) is 14.0. The predicted molar refractivity (Wildman–Crippen MR) is 109 cm³/mol. The van der Waals surface area contributed by atoms with Crippen LogP contribution in [0.4, 0.5) is 0 Å². The predicted octanol–water partition coefficient (Wildman–Crippen LogP) is 5.45. The maximum absolute atomic E-state index is 12.3. The van der Waals surface area contributed by atoms with Crippen molar-refractivity contribution >= 4 is 39.4 Å². The number of ether oxygens (including phenoxy) is 1. The van der Waals surface area contributed by atoms with Gasteiger partial charge in [0.25, 0.3) is 0 Å². The molecule has 0 unspecified atom stereocenters. The van der Waals surface area contributed by atoms with E-state index in [0.717, 1.165) is 43.5 Å². The van der Waals surface area contributed by atoms with Crippen LogP contribution in [0.25, 0.3) is 21.8 Å². The van der Waals surface area contributed by atoms with Gasteiger partial charge < -0.3 is 9.72 Å². The Labute approximate surface area is 162 Å². The molecule has 136 valence electrons. The third kappa shape index (κ3) is 3.06. The molecule has 2 heterocycles. The van der Waals surface area contributed by atoms with Crippen molar-refractivity contribution in [2.75, 3.05) is 6.61 Å². The first-order valence-corrected chi connectivity index (χ1v) is 9.27. The topological polar surface area (TPSA) is 55.0 Å². The lowest BCUT2D eigenvalue weighted by Gasteiger charge is -2.09. The van der Waals surface area contributed by atoms with E-state index in [0.29, 0.717) is 18.7 Å². The molecule has 0 bridgehead atoms. The fourth-order valence-electron chi connectivity index (χ4n) is 3.57. The lowest BCUT2D eigenvalue weighted by Crippen LogP contribution is -2.09. The Hall–Kier alpha value is -2.85. The number of carbonyl (C=O) groups excluding carboxylic acids is 1. The number of H-pyrrole nitrogens is 1. The number of benzene rings is 2. The van der Waals surface area contributed by atoms with Crippen LogP contribution in [-0.4, -0.2) is 22.5 Å². The van der Waals surface area contributed by atoms with Crippen LogP contribution in [-0.2, 0) is 11.2 Å². The molecule has 0 aliphatic carbocycles. The van der Waals surface area contributed by atoms with Gasteiger partial charge in [-0.05, 0) is 49.1 Å². The molecule has 0 radical (unpaired) electrons. The number of halogens is 1. The van der Waals surface area contributed by atoms with Crippen molar-refractivity contribution in [2.24, 2.45) is 0 Å². The second kappa shape index (κ2) is 7.05. The third-order valence-electron chi connectivity index (χ3n) is 4.80. The van der Waals surface area contributed by atoms with E-state index in [1.54, 1.807) is 13.1 Å². The number of carbonyl (C=O) groups is 1. The van der Waals surface area contributed by atoms with Crippen LogP contribution in [0, 0.1) is 6.92 Å². The first kappa shape index (κ1) is 17.6. The summed E-state index contributed by atoms with van der Waals surface area (Å²) in [4.78, 5) is 20.0. The van der Waals surface area contributed by atoms with Gasteiger partial charge in [0, 0.05) is 21.3 Å². The quantitative estimate of drug-likeness (QED) is 0.481. The van der Waals surface area contributed by atoms with E-state index in [2.05, 4.69) is 16.0 Å². The van der Waals surface area contributed by atoms with E-state index in [-0.39, 0.29) is 0 Å². The van der Waals surface area contributed by atoms with E-state index in [1.165, 1.54) is 0 Å². The van der Waals surface area contributed by atoms with Gasteiger partial charge in [-0.2, -0.15) is 0 Å². The van der Waals surface area contributed by atoms with Crippen molar-refractivity contribution in [3.05, 3.63) is 76.1 Å². The van der Waals surface area contributed by atoms with E-state index in [1.807, 2.05) is 43.3 Å². The van der Waals surface area contributed by atoms with Crippen LogP contribution in [0.5, 0.6) is 0 Å². The number of nitrogens with zero attached hydrogens (tertiary/aromatic N) is 1. The van der Waals surface area contributed by atoms with Gasteiger partial charge >= 0.3 is 5.97 Å². The fourth-order valence-corrected chi connectivity index (χ4v) is 3.77. The second-order valence-electron chi connectivity index (χ2n) is 6.47. The molecule has 0 aliphatic rings. The van der Waals surface area contributed by atoms with Crippen LogP contribution in [0.3, 0.4) is 0 Å². The molecule has 0 saturated carbocycles. The Morgan fingerprint density at radius 1 is 1.07 bits per heavy atom. The zero-order chi connectivity index (χ0) is 19.0. The molecular weight excluding hydrogens is 360 g/mol. The molecule has 4 rings (SSSR count). The number of nitrogens with one attached hydrogen (secondary N) is 1.